The molecule has 0 radical (unpaired) electrons. The van der Waals surface area contributed by atoms with Crippen molar-refractivity contribution >= 4 is 26.4 Å². The topological polar surface area (TPSA) is 49.0 Å². The van der Waals surface area contributed by atoms with Gasteiger partial charge in [0, 0.05) is 31.6 Å². The maximum Gasteiger partial charge on any atom is 0.484 e. The quantitative estimate of drug-likeness (QED) is 0.810. The summed E-state index contributed by atoms with van der Waals surface area (Å²) < 4.78 is 15.7. The van der Waals surface area contributed by atoms with Crippen LogP contribution in [0.15, 0.2) is 42.6 Å². The van der Waals surface area contributed by atoms with Crippen molar-refractivity contribution in [1.29, 1.82) is 0 Å². The van der Waals surface area contributed by atoms with Gasteiger partial charge in [-0.2, -0.15) is 0 Å². The molecule has 0 amide bonds. The van der Waals surface area contributed by atoms with Crippen molar-refractivity contribution in [3.63, 3.8) is 0 Å². The van der Waals surface area contributed by atoms with Gasteiger partial charge in [0.1, 0.15) is 0 Å². The molecule has 24 heavy (non-hydrogen) atoms. The van der Waals surface area contributed by atoms with Crippen LogP contribution in [0.4, 0.5) is 0 Å². The first-order valence-electron chi connectivity index (χ1n) is 8.25. The predicted molar refractivity (Wildman–Crippen MR) is 98.8 cm³/mol. The Morgan fingerprint density at radius 1 is 0.917 bits per heavy atom. The number of nitrogens with one attached hydrogen (secondary N) is 1. The SMILES string of the molecule is C1=Cc2c(ccc3ccccc23)ON1.CCO[SiH](OCC)OCC. The highest BCUT2D eigenvalue weighted by atomic mass is 28.3. The largest absolute Gasteiger partial charge is 0.484 e. The van der Waals surface area contributed by atoms with E-state index in [-0.39, 0.29) is 0 Å². The molecule has 1 aliphatic rings. The van der Waals surface area contributed by atoms with E-state index in [0.29, 0.717) is 19.8 Å². The Bertz CT molecular complexity index is 648. The third-order valence-corrected chi connectivity index (χ3v) is 5.14. The van der Waals surface area contributed by atoms with Gasteiger partial charge in [-0.05, 0) is 43.7 Å². The number of benzene rings is 2. The smallest absolute Gasteiger partial charge is 0.382 e. The number of hydroxylamine groups is 1. The fourth-order valence-electron chi connectivity index (χ4n) is 2.30. The van der Waals surface area contributed by atoms with Gasteiger partial charge in [0.25, 0.3) is 0 Å². The van der Waals surface area contributed by atoms with Crippen molar-refractivity contribution in [2.75, 3.05) is 19.8 Å². The van der Waals surface area contributed by atoms with Crippen LogP contribution in [0.25, 0.3) is 16.8 Å². The van der Waals surface area contributed by atoms with Crippen LogP contribution < -0.4 is 10.3 Å². The predicted octanol–water partition coefficient (Wildman–Crippen LogP) is 3.52. The molecule has 0 bridgehead atoms. The maximum atomic E-state index is 5.29. The van der Waals surface area contributed by atoms with E-state index in [1.165, 1.54) is 10.8 Å². The van der Waals surface area contributed by atoms with Crippen LogP contribution in [-0.2, 0) is 13.3 Å². The summed E-state index contributed by atoms with van der Waals surface area (Å²) >= 11 is 0. The second-order valence-electron chi connectivity index (χ2n) is 4.91. The molecule has 2 aromatic rings. The fourth-order valence-corrected chi connectivity index (χ4v) is 3.41. The van der Waals surface area contributed by atoms with E-state index < -0.39 is 9.53 Å². The van der Waals surface area contributed by atoms with Gasteiger partial charge in [-0.25, -0.2) is 5.48 Å². The Morgan fingerprint density at radius 3 is 2.25 bits per heavy atom. The van der Waals surface area contributed by atoms with Crippen LogP contribution in [0, 0.1) is 0 Å². The zero-order valence-electron chi connectivity index (χ0n) is 14.5. The van der Waals surface area contributed by atoms with Crippen molar-refractivity contribution < 1.29 is 18.1 Å². The van der Waals surface area contributed by atoms with Gasteiger partial charge in [0.2, 0.25) is 0 Å². The van der Waals surface area contributed by atoms with Crippen LogP contribution >= 0.6 is 0 Å². The van der Waals surface area contributed by atoms with E-state index in [2.05, 4.69) is 23.7 Å². The molecule has 0 saturated carbocycles. The first kappa shape index (κ1) is 18.5. The average molecular weight is 347 g/mol. The minimum absolute atomic E-state index is 0.677. The molecule has 0 spiro atoms. The van der Waals surface area contributed by atoms with Gasteiger partial charge in [0.05, 0.1) is 0 Å². The molecule has 1 N–H and O–H groups in total. The van der Waals surface area contributed by atoms with E-state index in [9.17, 15) is 0 Å². The summed E-state index contributed by atoms with van der Waals surface area (Å²) in [6.45, 7) is 7.86. The molecule has 3 rings (SSSR count). The molecule has 0 fully saturated rings. The van der Waals surface area contributed by atoms with Gasteiger partial charge in [-0.1, -0.05) is 30.3 Å². The highest BCUT2D eigenvalue weighted by Gasteiger charge is 2.11. The van der Waals surface area contributed by atoms with Crippen molar-refractivity contribution in [3.05, 3.63) is 48.2 Å². The monoisotopic (exact) mass is 347 g/mol. The molecular weight excluding hydrogens is 322 g/mol. The third-order valence-electron chi connectivity index (χ3n) is 3.33. The number of rotatable bonds is 6. The average Bonchev–Trinajstić information content (AvgIpc) is 2.63. The van der Waals surface area contributed by atoms with E-state index in [4.69, 9.17) is 18.1 Å². The van der Waals surface area contributed by atoms with Gasteiger partial charge in [-0.3, -0.25) is 0 Å². The maximum absolute atomic E-state index is 5.29. The molecule has 2 aromatic carbocycles. The summed E-state index contributed by atoms with van der Waals surface area (Å²) in [6, 6.07) is 12.3. The Kier molecular flexibility index (Phi) is 7.77. The summed E-state index contributed by atoms with van der Waals surface area (Å²) in [6.07, 6.45) is 3.83. The standard InChI is InChI=1S/C12H9NO.C6H16O3Si/c1-2-4-10-9(3-1)5-6-12-11(10)7-8-13-14-12;1-4-7-10(8-5-2)9-6-3/h1-8,13H;10H,4-6H2,1-3H3. The molecule has 5 nitrogen and oxygen atoms in total. The van der Waals surface area contributed by atoms with Crippen LogP contribution in [0.3, 0.4) is 0 Å². The number of fused-ring (bicyclic) bond motifs is 3. The highest BCUT2D eigenvalue weighted by molar-refractivity contribution is 6.36. The van der Waals surface area contributed by atoms with Crippen LogP contribution in [0.2, 0.25) is 0 Å². The van der Waals surface area contributed by atoms with Crippen molar-refractivity contribution in [2.24, 2.45) is 0 Å². The van der Waals surface area contributed by atoms with Gasteiger partial charge >= 0.3 is 9.53 Å². The van der Waals surface area contributed by atoms with E-state index in [0.717, 1.165) is 11.3 Å². The van der Waals surface area contributed by atoms with Crippen LogP contribution in [-0.4, -0.2) is 29.3 Å². The molecule has 130 valence electrons. The zero-order chi connectivity index (χ0) is 17.2. The van der Waals surface area contributed by atoms with E-state index in [1.54, 1.807) is 6.20 Å². The summed E-state index contributed by atoms with van der Waals surface area (Å²) in [5.74, 6) is 0.881. The normalized spacial score (nSPS) is 12.2. The minimum Gasteiger partial charge on any atom is -0.382 e. The Hall–Kier alpha value is -1.86. The lowest BCUT2D eigenvalue weighted by Gasteiger charge is -2.14. The van der Waals surface area contributed by atoms with Crippen LogP contribution in [0.5, 0.6) is 5.75 Å². The summed E-state index contributed by atoms with van der Waals surface area (Å²) in [4.78, 5) is 5.29. The number of hydrogen-bond acceptors (Lipinski definition) is 5. The van der Waals surface area contributed by atoms with E-state index in [1.807, 2.05) is 45.0 Å². The second-order valence-corrected chi connectivity index (χ2v) is 6.48. The highest BCUT2D eigenvalue weighted by Crippen LogP contribution is 2.30. The molecular formula is C18H25NO4Si. The Balaban J connectivity index is 0.000000187. The van der Waals surface area contributed by atoms with Gasteiger partial charge in [0.15, 0.2) is 5.75 Å². The Labute approximate surface area is 145 Å². The molecule has 1 aliphatic heterocycles. The fraction of sp³-hybridized carbons (Fsp3) is 0.333. The molecule has 0 aromatic heterocycles. The molecule has 6 heteroatoms. The summed E-state index contributed by atoms with van der Waals surface area (Å²) in [7, 11) is -1.73. The lowest BCUT2D eigenvalue weighted by Crippen LogP contribution is -2.27. The summed E-state index contributed by atoms with van der Waals surface area (Å²) in [5, 5.41) is 2.46. The molecule has 0 unspecified atom stereocenters. The van der Waals surface area contributed by atoms with Crippen molar-refractivity contribution in [3.8, 4) is 5.75 Å². The van der Waals surface area contributed by atoms with Crippen molar-refractivity contribution in [1.82, 2.24) is 5.48 Å². The summed E-state index contributed by atoms with van der Waals surface area (Å²) in [5.41, 5.74) is 3.87. The molecule has 1 heterocycles. The molecule has 0 aliphatic carbocycles. The lowest BCUT2D eigenvalue weighted by molar-refractivity contribution is 0.107. The van der Waals surface area contributed by atoms with Crippen LogP contribution in [0.1, 0.15) is 26.3 Å². The first-order valence-corrected chi connectivity index (χ1v) is 9.67. The minimum atomic E-state index is -1.73. The number of hydrogen-bond donors (Lipinski definition) is 1. The second kappa shape index (κ2) is 10.1. The zero-order valence-corrected chi connectivity index (χ0v) is 15.6. The lowest BCUT2D eigenvalue weighted by atomic mass is 10.0. The molecule has 0 saturated heterocycles. The van der Waals surface area contributed by atoms with E-state index >= 15 is 0 Å². The molecule has 0 atom stereocenters. The van der Waals surface area contributed by atoms with Gasteiger partial charge < -0.3 is 18.1 Å². The third kappa shape index (κ3) is 5.07. The van der Waals surface area contributed by atoms with Gasteiger partial charge in [-0.15, -0.1) is 0 Å². The van der Waals surface area contributed by atoms with Crippen molar-refractivity contribution in [2.45, 2.75) is 20.8 Å². The Morgan fingerprint density at radius 2 is 1.58 bits per heavy atom. The first-order chi connectivity index (χ1) is 11.8.